The molecule has 1 amide bonds. The molecule has 1 heterocycles. The summed E-state index contributed by atoms with van der Waals surface area (Å²) in [6.07, 6.45) is -0.201. The number of ether oxygens (including phenoxy) is 1. The highest BCUT2D eigenvalue weighted by Crippen LogP contribution is 2.33. The Kier molecular flexibility index (Phi) is 7.52. The molecule has 0 saturated carbocycles. The molecule has 3 aromatic rings. The summed E-state index contributed by atoms with van der Waals surface area (Å²) in [5, 5.41) is 0. The number of oxazole rings is 1. The van der Waals surface area contributed by atoms with Crippen LogP contribution in [0.15, 0.2) is 51.6 Å². The molecule has 0 aliphatic heterocycles. The average molecular weight is 531 g/mol. The third-order valence-corrected chi connectivity index (χ3v) is 4.96. The first kappa shape index (κ1) is 24.4. The van der Waals surface area contributed by atoms with E-state index in [1.807, 2.05) is 0 Å². The van der Waals surface area contributed by atoms with E-state index < -0.39 is 34.8 Å². The van der Waals surface area contributed by atoms with Gasteiger partial charge in [-0.2, -0.15) is 13.2 Å². The molecular weight excluding hydrogens is 515 g/mol. The van der Waals surface area contributed by atoms with Gasteiger partial charge in [0.05, 0.1) is 12.2 Å². The maximum atomic E-state index is 14.1. The van der Waals surface area contributed by atoms with Crippen molar-refractivity contribution < 1.29 is 35.9 Å². The third kappa shape index (κ3) is 5.98. The fourth-order valence-electron chi connectivity index (χ4n) is 2.82. The molecular formula is C22H16BrF5N2O3. The third-order valence-electron chi connectivity index (χ3n) is 4.42. The van der Waals surface area contributed by atoms with E-state index in [9.17, 15) is 26.7 Å². The van der Waals surface area contributed by atoms with Gasteiger partial charge in [-0.1, -0.05) is 18.2 Å². The smallest absolute Gasteiger partial charge is 0.416 e. The molecule has 0 saturated heterocycles. The number of nitrogens with two attached hydrogens (primary N) is 1. The van der Waals surface area contributed by atoms with Crippen molar-refractivity contribution in [2.24, 2.45) is 5.73 Å². The highest BCUT2D eigenvalue weighted by molar-refractivity contribution is 9.10. The van der Waals surface area contributed by atoms with Gasteiger partial charge in [0, 0.05) is 5.56 Å². The summed E-state index contributed by atoms with van der Waals surface area (Å²) in [7, 11) is 0. The predicted octanol–water partition coefficient (Wildman–Crippen LogP) is 6.37. The molecule has 11 heteroatoms. The molecule has 5 nitrogen and oxygen atoms in total. The van der Waals surface area contributed by atoms with Crippen LogP contribution in [0.1, 0.15) is 34.7 Å². The maximum absolute atomic E-state index is 14.1. The van der Waals surface area contributed by atoms with Crippen molar-refractivity contribution >= 4 is 27.9 Å². The molecule has 2 aromatic carbocycles. The highest BCUT2D eigenvalue weighted by Gasteiger charge is 2.30. The first-order valence-corrected chi connectivity index (χ1v) is 10.3. The number of unbranched alkanes of at least 4 members (excludes halogenated alkanes) is 1. The molecule has 0 radical (unpaired) electrons. The second-order valence-corrected chi connectivity index (χ2v) is 7.46. The van der Waals surface area contributed by atoms with Crippen molar-refractivity contribution in [3.8, 4) is 17.0 Å². The zero-order chi connectivity index (χ0) is 24.2. The van der Waals surface area contributed by atoms with Crippen molar-refractivity contribution in [2.75, 3.05) is 6.61 Å². The zero-order valence-electron chi connectivity index (χ0n) is 16.8. The molecule has 33 heavy (non-hydrogen) atoms. The Balaban J connectivity index is 1.55. The van der Waals surface area contributed by atoms with Crippen LogP contribution in [0.2, 0.25) is 0 Å². The zero-order valence-corrected chi connectivity index (χ0v) is 18.3. The first-order valence-electron chi connectivity index (χ1n) is 9.49. The second-order valence-electron chi connectivity index (χ2n) is 6.74. The van der Waals surface area contributed by atoms with Gasteiger partial charge in [-0.25, -0.2) is 13.8 Å². The van der Waals surface area contributed by atoms with Crippen LogP contribution < -0.4 is 10.5 Å². The van der Waals surface area contributed by atoms with Crippen LogP contribution in [0.3, 0.4) is 0 Å². The summed E-state index contributed by atoms with van der Waals surface area (Å²) >= 11 is 3.20. The lowest BCUT2D eigenvalue weighted by molar-refractivity contribution is -0.137. The molecule has 2 N–H and O–H groups in total. The van der Waals surface area contributed by atoms with Gasteiger partial charge < -0.3 is 14.9 Å². The fourth-order valence-corrected chi connectivity index (χ4v) is 3.31. The van der Waals surface area contributed by atoms with Gasteiger partial charge in [0.1, 0.15) is 17.1 Å². The van der Waals surface area contributed by atoms with Crippen LogP contribution in [0, 0.1) is 11.6 Å². The molecule has 0 unspecified atom stereocenters. The Morgan fingerprint density at radius 1 is 1.15 bits per heavy atom. The summed E-state index contributed by atoms with van der Waals surface area (Å²) in [5.74, 6) is -3.51. The Labute approximate surface area is 193 Å². The summed E-state index contributed by atoms with van der Waals surface area (Å²) in [4.78, 5) is 15.4. The highest BCUT2D eigenvalue weighted by atomic mass is 79.9. The monoisotopic (exact) mass is 530 g/mol. The van der Waals surface area contributed by atoms with Crippen molar-refractivity contribution in [2.45, 2.75) is 19.0 Å². The molecule has 0 bridgehead atoms. The largest absolute Gasteiger partial charge is 0.490 e. The minimum Gasteiger partial charge on any atom is -0.490 e. The molecule has 0 fully saturated rings. The Morgan fingerprint density at radius 2 is 1.85 bits per heavy atom. The number of hydrogen-bond donors (Lipinski definition) is 1. The van der Waals surface area contributed by atoms with E-state index in [4.69, 9.17) is 14.9 Å². The number of primary amides is 1. The van der Waals surface area contributed by atoms with Crippen LogP contribution in [0.4, 0.5) is 22.0 Å². The first-order chi connectivity index (χ1) is 15.6. The van der Waals surface area contributed by atoms with Gasteiger partial charge in [0.25, 0.3) is 5.91 Å². The van der Waals surface area contributed by atoms with Crippen LogP contribution in [0.25, 0.3) is 17.3 Å². The number of hydrogen-bond acceptors (Lipinski definition) is 4. The standard InChI is InChI=1S/C22H16BrF5N2O3/c23-20-19(12-5-7-13(8-6-12)22(26,27)28)30-16(33-20)4-2-1-3-11-32-15-10-9-14(24)17(18(15)25)21(29)31/h2,4-10H,1,3,11H2,(H2,29,31). The topological polar surface area (TPSA) is 78.4 Å². The number of nitrogens with zero attached hydrogens (tertiary/aromatic N) is 1. The van der Waals surface area contributed by atoms with Crippen LogP contribution in [0.5, 0.6) is 5.75 Å². The van der Waals surface area contributed by atoms with Crippen molar-refractivity contribution in [1.82, 2.24) is 4.98 Å². The lowest BCUT2D eigenvalue weighted by Crippen LogP contribution is -2.16. The molecule has 0 aliphatic carbocycles. The van der Waals surface area contributed by atoms with Crippen LogP contribution >= 0.6 is 15.9 Å². The number of carbonyl (C=O) groups excluding carboxylic acids is 1. The summed E-state index contributed by atoms with van der Waals surface area (Å²) in [6, 6.07) is 6.49. The van der Waals surface area contributed by atoms with Gasteiger partial charge >= 0.3 is 6.18 Å². The van der Waals surface area contributed by atoms with Crippen molar-refractivity contribution in [3.05, 3.63) is 75.8 Å². The molecule has 0 aliphatic rings. The normalized spacial score (nSPS) is 11.8. The number of alkyl halides is 3. The average Bonchev–Trinajstić information content (AvgIpc) is 3.11. The van der Waals surface area contributed by atoms with Gasteiger partial charge in [-0.3, -0.25) is 4.79 Å². The van der Waals surface area contributed by atoms with Crippen LogP contribution in [-0.4, -0.2) is 17.5 Å². The number of carbonyl (C=O) groups is 1. The van der Waals surface area contributed by atoms with E-state index in [1.54, 1.807) is 12.2 Å². The number of halogens is 6. The quantitative estimate of drug-likeness (QED) is 0.271. The lowest BCUT2D eigenvalue weighted by atomic mass is 10.1. The van der Waals surface area contributed by atoms with E-state index in [2.05, 4.69) is 20.9 Å². The van der Waals surface area contributed by atoms with E-state index in [0.29, 0.717) is 24.1 Å². The van der Waals surface area contributed by atoms with E-state index >= 15 is 0 Å². The Morgan fingerprint density at radius 3 is 2.48 bits per heavy atom. The second kappa shape index (κ2) is 10.2. The predicted molar refractivity (Wildman–Crippen MR) is 113 cm³/mol. The number of aromatic nitrogens is 1. The number of amides is 1. The van der Waals surface area contributed by atoms with E-state index in [0.717, 1.165) is 24.3 Å². The SMILES string of the molecule is NC(=O)c1c(F)ccc(OCCCC=Cc2nc(-c3ccc(C(F)(F)F)cc3)c(Br)o2)c1F. The van der Waals surface area contributed by atoms with Crippen molar-refractivity contribution in [3.63, 3.8) is 0 Å². The number of allylic oxidation sites excluding steroid dienone is 1. The Bertz CT molecular complexity index is 1170. The van der Waals surface area contributed by atoms with Gasteiger partial charge in [0.15, 0.2) is 16.2 Å². The minimum atomic E-state index is -4.43. The summed E-state index contributed by atoms with van der Waals surface area (Å²) in [5.41, 5.74) is 4.14. The van der Waals surface area contributed by atoms with Crippen LogP contribution in [-0.2, 0) is 6.18 Å². The number of rotatable bonds is 8. The molecule has 1 aromatic heterocycles. The Hall–Kier alpha value is -3.21. The molecule has 0 atom stereocenters. The summed E-state index contributed by atoms with van der Waals surface area (Å²) in [6.45, 7) is 0.0805. The molecule has 0 spiro atoms. The number of benzene rings is 2. The summed E-state index contributed by atoms with van der Waals surface area (Å²) < 4.78 is 76.6. The van der Waals surface area contributed by atoms with E-state index in [1.165, 1.54) is 12.1 Å². The van der Waals surface area contributed by atoms with E-state index in [-0.39, 0.29) is 22.9 Å². The van der Waals surface area contributed by atoms with Gasteiger partial charge in [-0.05, 0) is 59.1 Å². The van der Waals surface area contributed by atoms with Gasteiger partial charge in [-0.15, -0.1) is 0 Å². The maximum Gasteiger partial charge on any atom is 0.416 e. The minimum absolute atomic E-state index is 0.0805. The van der Waals surface area contributed by atoms with Gasteiger partial charge in [0.2, 0.25) is 5.89 Å². The fraction of sp³-hybridized carbons (Fsp3) is 0.182. The lowest BCUT2D eigenvalue weighted by Gasteiger charge is -2.09. The molecule has 3 rings (SSSR count). The molecule has 174 valence electrons. The van der Waals surface area contributed by atoms with Crippen molar-refractivity contribution in [1.29, 1.82) is 0 Å².